The van der Waals surface area contributed by atoms with Gasteiger partial charge in [0.25, 0.3) is 0 Å². The highest BCUT2D eigenvalue weighted by atomic mass is 16.3. The van der Waals surface area contributed by atoms with Gasteiger partial charge in [0.2, 0.25) is 0 Å². The maximum absolute atomic E-state index is 9.60. The number of hydrogen-bond donors (Lipinski definition) is 0. The van der Waals surface area contributed by atoms with Crippen molar-refractivity contribution in [2.24, 2.45) is 0 Å². The fourth-order valence-electron chi connectivity index (χ4n) is 7.56. The van der Waals surface area contributed by atoms with E-state index in [1.54, 1.807) is 6.07 Å². The molecule has 11 rings (SSSR count). The van der Waals surface area contributed by atoms with Crippen molar-refractivity contribution in [1.29, 1.82) is 0 Å². The minimum atomic E-state index is -0.742. The topological polar surface area (TPSA) is 13.1 Å². The summed E-state index contributed by atoms with van der Waals surface area (Å²) in [6, 6.07) is 22.7. The van der Waals surface area contributed by atoms with Crippen LogP contribution in [0, 0.1) is 0 Å². The van der Waals surface area contributed by atoms with Gasteiger partial charge in [0.15, 0.2) is 0 Å². The van der Waals surface area contributed by atoms with Crippen molar-refractivity contribution >= 4 is 65.0 Å². The van der Waals surface area contributed by atoms with Crippen molar-refractivity contribution in [2.45, 2.75) is 0 Å². The summed E-state index contributed by atoms with van der Waals surface area (Å²) in [6.07, 6.45) is 0. The smallest absolute Gasteiger partial charge is 0.143 e. The first kappa shape index (κ1) is 18.5. The van der Waals surface area contributed by atoms with Crippen molar-refractivity contribution in [1.82, 2.24) is 0 Å². The number of furan rings is 1. The van der Waals surface area contributed by atoms with Crippen LogP contribution in [0.15, 0.2) is 198 Å². The van der Waals surface area contributed by atoms with E-state index in [2.05, 4.69) is 0 Å². The molecule has 0 saturated carbocycles. The minimum Gasteiger partial charge on any atom is -0.455 e. The lowest BCUT2D eigenvalue weighted by Gasteiger charge is -2.20. The lowest BCUT2D eigenvalue weighted by Crippen LogP contribution is -1.92. The lowest BCUT2D eigenvalue weighted by molar-refractivity contribution is 0.670. The molecule has 0 aliphatic carbocycles. The molecule has 0 atom stereocenters. The zero-order valence-electron chi connectivity index (χ0n) is 42.7. The molecule has 0 unspecified atom stereocenters. The SMILES string of the molecule is [2H]c1c([2H])c([2H])c2c([2H])c(-c3c4c([2H])c([2H])c([2H])c([2H])c4c(-c4cc(-c5ccc6oc7c(-c8ccccc8)cccc7c6c5)cc5ccccc45)c4c([2H])c([2H])c([2H])c([2H])c34)c([2H])c([2H])c2c1[2H]. The average Bonchev–Trinajstić information content (AvgIpc) is 3.73. The van der Waals surface area contributed by atoms with E-state index in [9.17, 15) is 8.22 Å². The largest absolute Gasteiger partial charge is 0.455 e. The summed E-state index contributed by atoms with van der Waals surface area (Å²) in [4.78, 5) is 0. The molecule has 0 radical (unpaired) electrons. The Morgan fingerprint density at radius 3 is 1.83 bits per heavy atom. The molecule has 0 aliphatic rings. The van der Waals surface area contributed by atoms with Crippen LogP contribution >= 0.6 is 0 Å². The Morgan fingerprint density at radius 1 is 0.358 bits per heavy atom. The molecule has 10 aromatic carbocycles. The first-order valence-electron chi connectivity index (χ1n) is 24.5. The Balaban J connectivity index is 1.31. The summed E-state index contributed by atoms with van der Waals surface area (Å²) >= 11 is 0. The van der Waals surface area contributed by atoms with E-state index >= 15 is 0 Å². The normalized spacial score (nSPS) is 15.7. The number of fused-ring (bicyclic) bond motifs is 7. The minimum absolute atomic E-state index is 0.0324. The molecule has 246 valence electrons. The third-order valence-corrected chi connectivity index (χ3v) is 9.92. The maximum atomic E-state index is 9.60. The number of hydrogen-bond acceptors (Lipinski definition) is 1. The Kier molecular flexibility index (Phi) is 4.12. The van der Waals surface area contributed by atoms with Crippen LogP contribution in [0.5, 0.6) is 0 Å². The zero-order valence-corrected chi connectivity index (χ0v) is 27.7. The maximum Gasteiger partial charge on any atom is 0.143 e. The summed E-state index contributed by atoms with van der Waals surface area (Å²) < 4.78 is 143. The van der Waals surface area contributed by atoms with E-state index in [4.69, 9.17) is 16.8 Å². The van der Waals surface area contributed by atoms with Gasteiger partial charge in [0.05, 0.1) is 20.6 Å². The van der Waals surface area contributed by atoms with Crippen molar-refractivity contribution in [3.8, 4) is 44.5 Å². The molecular weight excluding hydrogens is 641 g/mol. The van der Waals surface area contributed by atoms with Crippen LogP contribution in [0.4, 0.5) is 0 Å². The van der Waals surface area contributed by atoms with Crippen LogP contribution in [0.1, 0.15) is 20.6 Å². The first-order valence-corrected chi connectivity index (χ1v) is 17.0. The van der Waals surface area contributed by atoms with E-state index in [-0.39, 0.29) is 32.7 Å². The van der Waals surface area contributed by atoms with E-state index in [0.29, 0.717) is 33.1 Å². The van der Waals surface area contributed by atoms with Gasteiger partial charge in [-0.2, -0.15) is 0 Å². The van der Waals surface area contributed by atoms with E-state index in [1.807, 2.05) is 97.1 Å². The molecule has 1 nitrogen and oxygen atoms in total. The van der Waals surface area contributed by atoms with Crippen LogP contribution in [0.3, 0.4) is 0 Å². The summed E-state index contributed by atoms with van der Waals surface area (Å²) in [5, 5.41) is 1.16. The number of rotatable bonds is 4. The second-order valence-electron chi connectivity index (χ2n) is 12.9. The van der Waals surface area contributed by atoms with Gasteiger partial charge in [-0.3, -0.25) is 0 Å². The van der Waals surface area contributed by atoms with Gasteiger partial charge in [0, 0.05) is 16.3 Å². The Labute approximate surface area is 328 Å². The third-order valence-electron chi connectivity index (χ3n) is 9.92. The van der Waals surface area contributed by atoms with E-state index in [0.717, 1.165) is 27.5 Å². The van der Waals surface area contributed by atoms with Gasteiger partial charge in [-0.25, -0.2) is 0 Å². The molecule has 1 aromatic heterocycles. The molecular formula is C52H32O. The quantitative estimate of drug-likeness (QED) is 0.168. The standard InChI is InChI=1S/C52H32O/c1-2-14-34(15-3-1)41-23-12-24-46-47-31-36(27-28-49(47)53-52(41)46)39-30-37-17-6-7-18-40(37)48(32-39)51-44-21-10-8-19-42(44)50(43-20-9-11-22-45(43)51)38-26-25-33-13-4-5-16-35(33)29-38/h1-32H/i4D,5D,8D,9D,10D,11D,13D,16D,19D,20D,21D,22D,25D,26D,29D. The third kappa shape index (κ3) is 4.71. The highest BCUT2D eigenvalue weighted by Crippen LogP contribution is 2.47. The fraction of sp³-hybridized carbons (Fsp3) is 0. The molecule has 1 heteroatoms. The molecule has 53 heavy (non-hydrogen) atoms. The molecule has 0 bridgehead atoms. The molecule has 0 spiro atoms. The average molecular weight is 688 g/mol. The fourth-order valence-corrected chi connectivity index (χ4v) is 7.56. The molecule has 0 aliphatic heterocycles. The molecule has 1 heterocycles. The Hall–Kier alpha value is -6.96. The van der Waals surface area contributed by atoms with Crippen LogP contribution < -0.4 is 0 Å². The second-order valence-corrected chi connectivity index (χ2v) is 12.9. The van der Waals surface area contributed by atoms with Crippen molar-refractivity contribution in [3.05, 3.63) is 194 Å². The molecule has 0 fully saturated rings. The molecule has 0 saturated heterocycles. The first-order chi connectivity index (χ1) is 32.5. The summed E-state index contributed by atoms with van der Waals surface area (Å²) in [7, 11) is 0. The highest BCUT2D eigenvalue weighted by Gasteiger charge is 2.20. The highest BCUT2D eigenvalue weighted by molar-refractivity contribution is 6.24. The Bertz CT molecular complexity index is 4010. The van der Waals surface area contributed by atoms with Gasteiger partial charge in [0.1, 0.15) is 11.2 Å². The predicted octanol–water partition coefficient (Wildman–Crippen LogP) is 14.9. The molecule has 11 aromatic rings. The van der Waals surface area contributed by atoms with Crippen LogP contribution in [0.2, 0.25) is 0 Å². The van der Waals surface area contributed by atoms with Crippen LogP contribution in [-0.2, 0) is 0 Å². The number of benzene rings is 10. The van der Waals surface area contributed by atoms with E-state index < -0.39 is 107 Å². The Morgan fingerprint density at radius 2 is 1.04 bits per heavy atom. The van der Waals surface area contributed by atoms with Gasteiger partial charge in [-0.1, -0.05) is 163 Å². The number of para-hydroxylation sites is 1. The predicted molar refractivity (Wildman–Crippen MR) is 225 cm³/mol. The van der Waals surface area contributed by atoms with Crippen LogP contribution in [0.25, 0.3) is 110 Å². The van der Waals surface area contributed by atoms with Crippen molar-refractivity contribution < 1.29 is 25.0 Å². The molecule has 0 N–H and O–H groups in total. The van der Waals surface area contributed by atoms with E-state index in [1.165, 1.54) is 0 Å². The molecule has 0 amide bonds. The summed E-state index contributed by atoms with van der Waals surface area (Å²) in [6.45, 7) is 0. The van der Waals surface area contributed by atoms with Gasteiger partial charge < -0.3 is 4.42 Å². The van der Waals surface area contributed by atoms with Crippen molar-refractivity contribution in [2.75, 3.05) is 0 Å². The monoisotopic (exact) mass is 687 g/mol. The second kappa shape index (κ2) is 11.8. The summed E-state index contributed by atoms with van der Waals surface area (Å²) in [5.41, 5.74) is 4.18. The van der Waals surface area contributed by atoms with Gasteiger partial charge >= 0.3 is 0 Å². The lowest BCUT2D eigenvalue weighted by atomic mass is 9.83. The van der Waals surface area contributed by atoms with Crippen LogP contribution in [-0.4, -0.2) is 0 Å². The van der Waals surface area contributed by atoms with Crippen molar-refractivity contribution in [3.63, 3.8) is 0 Å². The zero-order chi connectivity index (χ0) is 47.9. The van der Waals surface area contributed by atoms with Gasteiger partial charge in [-0.15, -0.1) is 0 Å². The summed E-state index contributed by atoms with van der Waals surface area (Å²) in [5.74, 6) is 0. The van der Waals surface area contributed by atoms with Gasteiger partial charge in [-0.05, 0) is 112 Å².